The van der Waals surface area contributed by atoms with Crippen LogP contribution in [0, 0.1) is 0 Å². The zero-order valence-electron chi connectivity index (χ0n) is 13.9. The van der Waals surface area contributed by atoms with E-state index in [1.807, 2.05) is 39.5 Å². The maximum absolute atomic E-state index is 12.5. The van der Waals surface area contributed by atoms with Gasteiger partial charge in [-0.1, -0.05) is 0 Å². The van der Waals surface area contributed by atoms with E-state index in [0.29, 0.717) is 18.7 Å². The van der Waals surface area contributed by atoms with Gasteiger partial charge >= 0.3 is 6.09 Å². The van der Waals surface area contributed by atoms with Crippen molar-refractivity contribution in [3.63, 3.8) is 0 Å². The molecule has 1 aromatic rings. The minimum atomic E-state index is -0.516. The van der Waals surface area contributed by atoms with Crippen LogP contribution in [0.3, 0.4) is 0 Å². The van der Waals surface area contributed by atoms with E-state index < -0.39 is 5.60 Å². The van der Waals surface area contributed by atoms with Gasteiger partial charge in [-0.25, -0.2) is 4.79 Å². The van der Waals surface area contributed by atoms with Gasteiger partial charge < -0.3 is 19.5 Å². The monoisotopic (exact) mass is 307 g/mol. The number of hydrogen-bond acceptors (Lipinski definition) is 3. The number of rotatable bonds is 1. The van der Waals surface area contributed by atoms with Crippen molar-refractivity contribution < 1.29 is 14.3 Å². The second-order valence-corrected chi connectivity index (χ2v) is 6.89. The third-order valence-electron chi connectivity index (χ3n) is 3.72. The number of hydrogen-bond donors (Lipinski definition) is 1. The molecule has 0 aromatic carbocycles. The zero-order chi connectivity index (χ0) is 16.5. The zero-order valence-corrected chi connectivity index (χ0v) is 13.9. The summed E-state index contributed by atoms with van der Waals surface area (Å²) >= 11 is 0. The summed E-state index contributed by atoms with van der Waals surface area (Å²) in [6, 6.07) is 1.64. The molecule has 0 radical (unpaired) electrons. The summed E-state index contributed by atoms with van der Waals surface area (Å²) in [5, 5.41) is 0. The van der Waals surface area contributed by atoms with Gasteiger partial charge in [-0.3, -0.25) is 4.79 Å². The molecule has 0 saturated carbocycles. The third kappa shape index (κ3) is 3.61. The molecular formula is C16H25N3O3. The fourth-order valence-corrected chi connectivity index (χ4v) is 2.61. The van der Waals surface area contributed by atoms with Gasteiger partial charge in [0.25, 0.3) is 5.91 Å². The van der Waals surface area contributed by atoms with Crippen LogP contribution in [0.15, 0.2) is 18.5 Å². The Hall–Kier alpha value is -1.98. The first-order valence-electron chi connectivity index (χ1n) is 7.62. The fourth-order valence-electron chi connectivity index (χ4n) is 2.61. The molecule has 2 rings (SSSR count). The highest BCUT2D eigenvalue weighted by molar-refractivity contribution is 5.94. The lowest BCUT2D eigenvalue weighted by molar-refractivity contribution is -0.00788. The molecule has 2 atom stereocenters. The highest BCUT2D eigenvalue weighted by Gasteiger charge is 2.36. The van der Waals surface area contributed by atoms with Crippen molar-refractivity contribution in [3.05, 3.63) is 24.0 Å². The summed E-state index contributed by atoms with van der Waals surface area (Å²) in [5.41, 5.74) is 0.128. The number of aromatic amines is 1. The van der Waals surface area contributed by atoms with Crippen LogP contribution in [0.1, 0.15) is 45.0 Å². The Kier molecular flexibility index (Phi) is 4.49. The molecule has 22 heavy (non-hydrogen) atoms. The molecule has 2 heterocycles. The van der Waals surface area contributed by atoms with Crippen LogP contribution in [-0.4, -0.2) is 57.6 Å². The van der Waals surface area contributed by atoms with Crippen LogP contribution in [0.5, 0.6) is 0 Å². The smallest absolute Gasteiger partial charge is 0.410 e. The number of nitrogens with zero attached hydrogens (tertiary/aromatic N) is 2. The van der Waals surface area contributed by atoms with Crippen LogP contribution >= 0.6 is 0 Å². The van der Waals surface area contributed by atoms with E-state index in [-0.39, 0.29) is 24.1 Å². The molecule has 122 valence electrons. The van der Waals surface area contributed by atoms with E-state index in [1.54, 1.807) is 23.4 Å². The molecule has 6 heteroatoms. The normalized spacial score (nSPS) is 22.6. The summed E-state index contributed by atoms with van der Waals surface area (Å²) in [7, 11) is 0. The summed E-state index contributed by atoms with van der Waals surface area (Å²) in [5.74, 6) is -0.00978. The van der Waals surface area contributed by atoms with E-state index >= 15 is 0 Å². The Morgan fingerprint density at radius 2 is 1.77 bits per heavy atom. The lowest BCUT2D eigenvalue weighted by Gasteiger charge is -2.44. The molecule has 1 aliphatic rings. The summed E-state index contributed by atoms with van der Waals surface area (Å²) < 4.78 is 5.44. The topological polar surface area (TPSA) is 65.6 Å². The number of ether oxygens (including phenoxy) is 1. The highest BCUT2D eigenvalue weighted by atomic mass is 16.6. The lowest BCUT2D eigenvalue weighted by Crippen LogP contribution is -2.60. The number of H-pyrrole nitrogens is 1. The minimum Gasteiger partial charge on any atom is -0.444 e. The van der Waals surface area contributed by atoms with Gasteiger partial charge in [0.15, 0.2) is 0 Å². The Balaban J connectivity index is 2.05. The van der Waals surface area contributed by atoms with Crippen molar-refractivity contribution in [2.75, 3.05) is 13.1 Å². The largest absolute Gasteiger partial charge is 0.444 e. The van der Waals surface area contributed by atoms with Gasteiger partial charge in [0, 0.05) is 37.6 Å². The Morgan fingerprint density at radius 3 is 2.32 bits per heavy atom. The quantitative estimate of drug-likeness (QED) is 0.867. The van der Waals surface area contributed by atoms with Crippen LogP contribution in [-0.2, 0) is 4.74 Å². The number of nitrogens with one attached hydrogen (secondary N) is 1. The van der Waals surface area contributed by atoms with Gasteiger partial charge in [-0.15, -0.1) is 0 Å². The minimum absolute atomic E-state index is 0.00978. The van der Waals surface area contributed by atoms with E-state index in [0.717, 1.165) is 0 Å². The van der Waals surface area contributed by atoms with Gasteiger partial charge in [0.1, 0.15) is 5.60 Å². The Labute approximate surface area is 131 Å². The lowest BCUT2D eigenvalue weighted by atomic mass is 10.1. The maximum atomic E-state index is 12.5. The molecular weight excluding hydrogens is 282 g/mol. The third-order valence-corrected chi connectivity index (χ3v) is 3.72. The molecule has 1 fully saturated rings. The Morgan fingerprint density at radius 1 is 1.18 bits per heavy atom. The summed E-state index contributed by atoms with van der Waals surface area (Å²) in [6.07, 6.45) is 3.11. The molecule has 1 saturated heterocycles. The molecule has 2 amide bonds. The second kappa shape index (κ2) is 6.02. The summed E-state index contributed by atoms with van der Waals surface area (Å²) in [6.45, 7) is 10.4. The summed E-state index contributed by atoms with van der Waals surface area (Å²) in [4.78, 5) is 31.2. The van der Waals surface area contributed by atoms with Crippen LogP contribution in [0.25, 0.3) is 0 Å². The number of piperazine rings is 1. The first kappa shape index (κ1) is 16.4. The Bertz CT molecular complexity index is 533. The predicted octanol–water partition coefficient (Wildman–Crippen LogP) is 2.48. The molecule has 1 aliphatic heterocycles. The average Bonchev–Trinajstić information content (AvgIpc) is 2.92. The van der Waals surface area contributed by atoms with E-state index in [9.17, 15) is 9.59 Å². The number of carbonyl (C=O) groups excluding carboxylic acids is 2. The van der Waals surface area contributed by atoms with Gasteiger partial charge in [0.05, 0.1) is 5.56 Å². The highest BCUT2D eigenvalue weighted by Crippen LogP contribution is 2.20. The molecule has 1 aromatic heterocycles. The van der Waals surface area contributed by atoms with Crippen LogP contribution in [0.2, 0.25) is 0 Å². The second-order valence-electron chi connectivity index (χ2n) is 6.89. The average molecular weight is 307 g/mol. The first-order chi connectivity index (χ1) is 10.2. The van der Waals surface area contributed by atoms with Gasteiger partial charge in [0.2, 0.25) is 0 Å². The molecule has 0 spiro atoms. The molecule has 1 N–H and O–H groups in total. The van der Waals surface area contributed by atoms with E-state index in [1.165, 1.54) is 0 Å². The number of aromatic nitrogens is 1. The van der Waals surface area contributed by atoms with Crippen LogP contribution in [0.4, 0.5) is 4.79 Å². The van der Waals surface area contributed by atoms with Crippen molar-refractivity contribution >= 4 is 12.0 Å². The maximum Gasteiger partial charge on any atom is 0.410 e. The SMILES string of the molecule is C[C@@H]1CN(C(=O)OC(C)(C)C)[C@@H](C)CN1C(=O)c1cc[nH]c1. The predicted molar refractivity (Wildman–Crippen MR) is 83.7 cm³/mol. The fraction of sp³-hybridized carbons (Fsp3) is 0.625. The molecule has 0 bridgehead atoms. The number of carbonyl (C=O) groups is 2. The van der Waals surface area contributed by atoms with E-state index in [2.05, 4.69) is 4.98 Å². The standard InChI is InChI=1S/C16H25N3O3/c1-11-10-19(15(21)22-16(3,4)5)12(2)9-18(11)14(20)13-6-7-17-8-13/h6-8,11-12,17H,9-10H2,1-5H3/t11-,12+/m1/s1. The van der Waals surface area contributed by atoms with Gasteiger partial charge in [-0.2, -0.15) is 0 Å². The van der Waals surface area contributed by atoms with Crippen molar-refractivity contribution in [2.24, 2.45) is 0 Å². The van der Waals surface area contributed by atoms with Gasteiger partial charge in [-0.05, 0) is 40.7 Å². The van der Waals surface area contributed by atoms with Crippen molar-refractivity contribution in [1.29, 1.82) is 0 Å². The first-order valence-corrected chi connectivity index (χ1v) is 7.62. The van der Waals surface area contributed by atoms with Crippen LogP contribution < -0.4 is 0 Å². The van der Waals surface area contributed by atoms with Crippen molar-refractivity contribution in [1.82, 2.24) is 14.8 Å². The van der Waals surface area contributed by atoms with E-state index in [4.69, 9.17) is 4.74 Å². The number of amides is 2. The van der Waals surface area contributed by atoms with Crippen molar-refractivity contribution in [2.45, 2.75) is 52.3 Å². The molecule has 0 aliphatic carbocycles. The molecule has 0 unspecified atom stereocenters. The van der Waals surface area contributed by atoms with Crippen molar-refractivity contribution in [3.8, 4) is 0 Å². The molecule has 6 nitrogen and oxygen atoms in total.